The molecule has 6 nitrogen and oxygen atoms in total. The lowest BCUT2D eigenvalue weighted by Crippen LogP contribution is -2.32. The highest BCUT2D eigenvalue weighted by Gasteiger charge is 2.24. The second-order valence-electron chi connectivity index (χ2n) is 6.56. The summed E-state index contributed by atoms with van der Waals surface area (Å²) in [5.74, 6) is 0.283. The lowest BCUT2D eigenvalue weighted by molar-refractivity contribution is 0.0983. The first kappa shape index (κ1) is 20.8. The molecule has 0 aliphatic rings. The highest BCUT2D eigenvalue weighted by Crippen LogP contribution is 2.33. The van der Waals surface area contributed by atoms with Gasteiger partial charge >= 0.3 is 0 Å². The van der Waals surface area contributed by atoms with E-state index >= 15 is 0 Å². The number of carbonyl (C=O) groups excluding carboxylic acids is 1. The van der Waals surface area contributed by atoms with Crippen LogP contribution in [0.4, 0.5) is 5.13 Å². The van der Waals surface area contributed by atoms with E-state index in [9.17, 15) is 4.79 Å². The van der Waals surface area contributed by atoms with Crippen molar-refractivity contribution in [3.8, 4) is 5.75 Å². The van der Waals surface area contributed by atoms with Crippen molar-refractivity contribution in [2.75, 3.05) is 18.6 Å². The summed E-state index contributed by atoms with van der Waals surface area (Å²) in [4.78, 5) is 24.0. The molecule has 2 aromatic carbocycles. The molecule has 4 rings (SSSR count). The van der Waals surface area contributed by atoms with Gasteiger partial charge in [-0.25, -0.2) is 9.97 Å². The second kappa shape index (κ2) is 9.16. The Hall–Kier alpha value is -2.42. The van der Waals surface area contributed by atoms with E-state index in [0.29, 0.717) is 28.0 Å². The third-order valence-corrected chi connectivity index (χ3v) is 6.33. The van der Waals surface area contributed by atoms with Gasteiger partial charge in [-0.1, -0.05) is 38.9 Å². The van der Waals surface area contributed by atoms with Gasteiger partial charge in [0.05, 0.1) is 29.2 Å². The van der Waals surface area contributed by atoms with Gasteiger partial charge in [0.15, 0.2) is 5.13 Å². The molecule has 0 N–H and O–H groups in total. The van der Waals surface area contributed by atoms with Crippen LogP contribution in [0.15, 0.2) is 59.6 Å². The number of ether oxygens (including phenoxy) is 1. The van der Waals surface area contributed by atoms with Crippen molar-refractivity contribution in [1.29, 1.82) is 0 Å². The molecule has 2 heterocycles. The molecule has 9 heteroatoms. The molecule has 1 amide bonds. The second-order valence-corrected chi connectivity index (χ2v) is 8.93. The summed E-state index contributed by atoms with van der Waals surface area (Å²) >= 11 is 11.1. The number of nitrogens with zero attached hydrogens (tertiary/aromatic N) is 4. The normalized spacial score (nSPS) is 11.0. The average Bonchev–Trinajstić information content (AvgIpc) is 3.40. The predicted molar refractivity (Wildman–Crippen MR) is 124 cm³/mol. The molecule has 0 saturated carbocycles. The fraction of sp³-hybridized carbons (Fsp3) is 0.190. The zero-order chi connectivity index (χ0) is 21.1. The summed E-state index contributed by atoms with van der Waals surface area (Å²) in [7, 11) is 1.54. The van der Waals surface area contributed by atoms with E-state index in [-0.39, 0.29) is 5.91 Å². The Morgan fingerprint density at radius 1 is 1.30 bits per heavy atom. The Labute approximate surface area is 191 Å². The molecule has 0 aliphatic carbocycles. The zero-order valence-corrected chi connectivity index (χ0v) is 19.2. The van der Waals surface area contributed by atoms with Gasteiger partial charge in [0.2, 0.25) is 0 Å². The summed E-state index contributed by atoms with van der Waals surface area (Å²) in [6.45, 7) is 1.24. The Morgan fingerprint density at radius 3 is 2.93 bits per heavy atom. The van der Waals surface area contributed by atoms with E-state index in [1.807, 2.05) is 29.0 Å². The van der Waals surface area contributed by atoms with E-state index in [0.717, 1.165) is 27.7 Å². The number of carbonyl (C=O) groups is 1. The van der Waals surface area contributed by atoms with Gasteiger partial charge in [0.25, 0.3) is 5.91 Å². The molecule has 0 saturated heterocycles. The molecule has 0 radical (unpaired) electrons. The van der Waals surface area contributed by atoms with Gasteiger partial charge in [-0.3, -0.25) is 9.69 Å². The smallest absolute Gasteiger partial charge is 0.263 e. The number of aromatic nitrogens is 3. The van der Waals surface area contributed by atoms with Crippen LogP contribution in [0.1, 0.15) is 16.8 Å². The van der Waals surface area contributed by atoms with Gasteiger partial charge in [0, 0.05) is 35.0 Å². The van der Waals surface area contributed by atoms with Crippen LogP contribution in [0.3, 0.4) is 0 Å². The van der Waals surface area contributed by atoms with Crippen LogP contribution >= 0.6 is 38.9 Å². The number of aryl methyl sites for hydroxylation is 1. The predicted octanol–water partition coefficient (Wildman–Crippen LogP) is 5.65. The molecular weight excluding hydrogens is 488 g/mol. The minimum absolute atomic E-state index is 0.196. The van der Waals surface area contributed by atoms with Crippen molar-refractivity contribution >= 4 is 60.1 Å². The molecule has 0 bridgehead atoms. The average molecular weight is 506 g/mol. The third-order valence-electron chi connectivity index (χ3n) is 4.56. The number of anilines is 1. The number of thiazole rings is 1. The topological polar surface area (TPSA) is 60.2 Å². The van der Waals surface area contributed by atoms with Gasteiger partial charge in [-0.2, -0.15) is 0 Å². The van der Waals surface area contributed by atoms with Crippen molar-refractivity contribution in [3.05, 3.63) is 70.2 Å². The largest absolute Gasteiger partial charge is 0.496 e. The first-order valence-electron chi connectivity index (χ1n) is 9.22. The molecule has 0 atom stereocenters. The minimum atomic E-state index is -0.196. The van der Waals surface area contributed by atoms with E-state index < -0.39 is 0 Å². The standard InChI is InChI=1S/C21H18BrClN4O2S/c1-29-18-6-4-15(23)12-16(18)20(28)27(9-2-8-26-10-7-24-13-26)21-25-17-5-3-14(22)11-19(17)30-21/h3-7,10-13H,2,8-9H2,1H3. The van der Waals surface area contributed by atoms with Crippen molar-refractivity contribution in [2.24, 2.45) is 0 Å². The van der Waals surface area contributed by atoms with Gasteiger partial charge in [0.1, 0.15) is 5.75 Å². The summed E-state index contributed by atoms with van der Waals surface area (Å²) in [6, 6.07) is 10.9. The molecular formula is C21H18BrClN4O2S. The number of methoxy groups -OCH3 is 1. The van der Waals surface area contributed by atoms with Crippen LogP contribution in [0.5, 0.6) is 5.75 Å². The Kier molecular flexibility index (Phi) is 6.36. The number of halogens is 2. The van der Waals surface area contributed by atoms with Crippen LogP contribution in [0.2, 0.25) is 5.02 Å². The fourth-order valence-electron chi connectivity index (χ4n) is 3.11. The monoisotopic (exact) mass is 504 g/mol. The lowest BCUT2D eigenvalue weighted by Gasteiger charge is -2.21. The van der Waals surface area contributed by atoms with E-state index in [1.165, 1.54) is 11.3 Å². The molecule has 2 aromatic heterocycles. The number of hydrogen-bond donors (Lipinski definition) is 0. The summed E-state index contributed by atoms with van der Waals surface area (Å²) in [5, 5.41) is 1.12. The number of amides is 1. The van der Waals surface area contributed by atoms with Crippen molar-refractivity contribution in [2.45, 2.75) is 13.0 Å². The number of fused-ring (bicyclic) bond motifs is 1. The Balaban J connectivity index is 1.68. The summed E-state index contributed by atoms with van der Waals surface area (Å²) in [6.07, 6.45) is 6.15. The van der Waals surface area contributed by atoms with E-state index in [4.69, 9.17) is 21.3 Å². The van der Waals surface area contributed by atoms with Crippen molar-refractivity contribution < 1.29 is 9.53 Å². The van der Waals surface area contributed by atoms with Crippen LogP contribution < -0.4 is 9.64 Å². The molecule has 4 aromatic rings. The molecule has 0 fully saturated rings. The Morgan fingerprint density at radius 2 is 2.17 bits per heavy atom. The SMILES string of the molecule is COc1ccc(Cl)cc1C(=O)N(CCCn1ccnc1)c1nc2ccc(Br)cc2s1. The highest BCUT2D eigenvalue weighted by atomic mass is 79.9. The third kappa shape index (κ3) is 4.50. The van der Waals surface area contributed by atoms with Crippen LogP contribution in [0, 0.1) is 0 Å². The number of imidazole rings is 1. The van der Waals surface area contributed by atoms with Crippen molar-refractivity contribution in [1.82, 2.24) is 14.5 Å². The number of rotatable bonds is 7. The van der Waals surface area contributed by atoms with Crippen LogP contribution in [-0.2, 0) is 6.54 Å². The van der Waals surface area contributed by atoms with Gasteiger partial charge < -0.3 is 9.30 Å². The molecule has 0 spiro atoms. The first-order valence-corrected chi connectivity index (χ1v) is 11.2. The quantitative estimate of drug-likeness (QED) is 0.325. The lowest BCUT2D eigenvalue weighted by atomic mass is 10.1. The highest BCUT2D eigenvalue weighted by molar-refractivity contribution is 9.10. The first-order chi connectivity index (χ1) is 14.5. The fourth-order valence-corrected chi connectivity index (χ4v) is 4.82. The van der Waals surface area contributed by atoms with Crippen molar-refractivity contribution in [3.63, 3.8) is 0 Å². The summed E-state index contributed by atoms with van der Waals surface area (Å²) < 4.78 is 9.36. The van der Waals surface area contributed by atoms with Crippen LogP contribution in [0.25, 0.3) is 10.2 Å². The maximum atomic E-state index is 13.5. The number of benzene rings is 2. The Bertz CT molecular complexity index is 1180. The molecule has 30 heavy (non-hydrogen) atoms. The molecule has 0 aliphatic heterocycles. The maximum absolute atomic E-state index is 13.5. The zero-order valence-electron chi connectivity index (χ0n) is 16.1. The molecule has 154 valence electrons. The minimum Gasteiger partial charge on any atom is -0.496 e. The molecule has 0 unspecified atom stereocenters. The number of hydrogen-bond acceptors (Lipinski definition) is 5. The van der Waals surface area contributed by atoms with Gasteiger partial charge in [-0.15, -0.1) is 0 Å². The van der Waals surface area contributed by atoms with Gasteiger partial charge in [-0.05, 0) is 42.8 Å². The summed E-state index contributed by atoms with van der Waals surface area (Å²) in [5.41, 5.74) is 1.26. The van der Waals surface area contributed by atoms with E-state index in [2.05, 4.69) is 20.9 Å². The maximum Gasteiger partial charge on any atom is 0.263 e. The van der Waals surface area contributed by atoms with E-state index in [1.54, 1.807) is 42.7 Å². The van der Waals surface area contributed by atoms with Crippen LogP contribution in [-0.4, -0.2) is 34.1 Å².